The highest BCUT2D eigenvalue weighted by Gasteiger charge is 2.37. The number of benzene rings is 2. The molecule has 1 heterocycles. The maximum Gasteiger partial charge on any atom is 0.335 e. The van der Waals surface area contributed by atoms with Gasteiger partial charge in [-0.1, -0.05) is 23.7 Å². The molecule has 27 heavy (non-hydrogen) atoms. The lowest BCUT2D eigenvalue weighted by atomic mass is 10.0. The number of barbiturate groups is 1. The van der Waals surface area contributed by atoms with Crippen LogP contribution in [0, 0.1) is 13.8 Å². The highest BCUT2D eigenvalue weighted by atomic mass is 35.5. The third-order valence-electron chi connectivity index (χ3n) is 4.31. The average molecular weight is 385 g/mol. The van der Waals surface area contributed by atoms with E-state index in [-0.39, 0.29) is 5.57 Å². The molecule has 4 amide bonds. The summed E-state index contributed by atoms with van der Waals surface area (Å²) < 4.78 is 5.21. The zero-order valence-corrected chi connectivity index (χ0v) is 15.8. The van der Waals surface area contributed by atoms with Gasteiger partial charge >= 0.3 is 6.03 Å². The van der Waals surface area contributed by atoms with Crippen molar-refractivity contribution in [1.29, 1.82) is 0 Å². The molecule has 0 unspecified atom stereocenters. The van der Waals surface area contributed by atoms with E-state index in [0.29, 0.717) is 27.6 Å². The minimum absolute atomic E-state index is 0.140. The number of carbonyl (C=O) groups is 3. The summed E-state index contributed by atoms with van der Waals surface area (Å²) in [6.45, 7) is 3.56. The van der Waals surface area contributed by atoms with Crippen molar-refractivity contribution in [2.75, 3.05) is 12.0 Å². The van der Waals surface area contributed by atoms with Gasteiger partial charge in [-0.15, -0.1) is 0 Å². The fourth-order valence-corrected chi connectivity index (χ4v) is 3.04. The summed E-state index contributed by atoms with van der Waals surface area (Å²) in [5.41, 5.74) is 2.25. The van der Waals surface area contributed by atoms with Crippen molar-refractivity contribution < 1.29 is 19.1 Å². The van der Waals surface area contributed by atoms with Crippen LogP contribution in [-0.2, 0) is 9.59 Å². The minimum Gasteiger partial charge on any atom is -0.496 e. The van der Waals surface area contributed by atoms with Crippen molar-refractivity contribution in [1.82, 2.24) is 5.32 Å². The van der Waals surface area contributed by atoms with Crippen LogP contribution in [0.4, 0.5) is 10.5 Å². The first-order valence-corrected chi connectivity index (χ1v) is 8.52. The highest BCUT2D eigenvalue weighted by molar-refractivity contribution is 6.39. The molecule has 0 aromatic heterocycles. The summed E-state index contributed by atoms with van der Waals surface area (Å²) in [7, 11) is 1.56. The van der Waals surface area contributed by atoms with Crippen molar-refractivity contribution in [3.05, 3.63) is 63.7 Å². The number of imide groups is 2. The second kappa shape index (κ2) is 7.25. The van der Waals surface area contributed by atoms with Crippen LogP contribution in [0.5, 0.6) is 5.75 Å². The maximum absolute atomic E-state index is 12.9. The Morgan fingerprint density at radius 2 is 1.85 bits per heavy atom. The first kappa shape index (κ1) is 18.7. The Morgan fingerprint density at radius 1 is 1.11 bits per heavy atom. The molecule has 1 aliphatic heterocycles. The number of aryl methyl sites for hydroxylation is 1. The molecule has 0 saturated carbocycles. The molecular formula is C20H17ClN2O4. The third-order valence-corrected chi connectivity index (χ3v) is 4.72. The van der Waals surface area contributed by atoms with Gasteiger partial charge in [0, 0.05) is 5.02 Å². The molecule has 0 atom stereocenters. The number of ether oxygens (including phenoxy) is 1. The van der Waals surface area contributed by atoms with Crippen molar-refractivity contribution >= 4 is 41.2 Å². The zero-order chi connectivity index (χ0) is 19.7. The standard InChI is InChI=1S/C20H17ClN2O4/c1-11-9-13(7-8-17(11)27-3)10-14-18(24)22-20(26)23(19(14)25)16-6-4-5-15(21)12(16)2/h4-10H,1-3H3,(H,22,24,26)/b14-10+. The molecule has 1 saturated heterocycles. The van der Waals surface area contributed by atoms with Crippen molar-refractivity contribution in [3.8, 4) is 5.75 Å². The second-order valence-electron chi connectivity index (χ2n) is 6.07. The summed E-state index contributed by atoms with van der Waals surface area (Å²) >= 11 is 6.11. The Hall–Kier alpha value is -3.12. The van der Waals surface area contributed by atoms with E-state index in [9.17, 15) is 14.4 Å². The van der Waals surface area contributed by atoms with E-state index < -0.39 is 17.8 Å². The monoisotopic (exact) mass is 384 g/mol. The van der Waals surface area contributed by atoms with Crippen LogP contribution in [0.2, 0.25) is 5.02 Å². The molecule has 0 spiro atoms. The number of carbonyl (C=O) groups excluding carboxylic acids is 3. The topological polar surface area (TPSA) is 75.7 Å². The van der Waals surface area contributed by atoms with Crippen molar-refractivity contribution in [3.63, 3.8) is 0 Å². The number of nitrogens with one attached hydrogen (secondary N) is 1. The normalized spacial score (nSPS) is 15.9. The molecular weight excluding hydrogens is 368 g/mol. The Labute approximate surface area is 161 Å². The molecule has 2 aromatic carbocycles. The Morgan fingerprint density at radius 3 is 2.52 bits per heavy atom. The van der Waals surface area contributed by atoms with Gasteiger partial charge in [-0.05, 0) is 60.9 Å². The van der Waals surface area contributed by atoms with E-state index in [1.807, 2.05) is 6.92 Å². The predicted octanol–water partition coefficient (Wildman–Crippen LogP) is 3.63. The number of urea groups is 1. The molecule has 1 fully saturated rings. The number of nitrogens with zero attached hydrogens (tertiary/aromatic N) is 1. The lowest BCUT2D eigenvalue weighted by molar-refractivity contribution is -0.122. The number of amides is 4. The Kier molecular flexibility index (Phi) is 5.01. The largest absolute Gasteiger partial charge is 0.496 e. The van der Waals surface area contributed by atoms with Crippen LogP contribution >= 0.6 is 11.6 Å². The van der Waals surface area contributed by atoms with Crippen LogP contribution in [-0.4, -0.2) is 25.0 Å². The summed E-state index contributed by atoms with van der Waals surface area (Å²) in [5, 5.41) is 2.62. The fraction of sp³-hybridized carbons (Fsp3) is 0.150. The lowest BCUT2D eigenvalue weighted by Gasteiger charge is -2.27. The molecule has 2 aromatic rings. The van der Waals surface area contributed by atoms with Gasteiger partial charge in [-0.2, -0.15) is 0 Å². The van der Waals surface area contributed by atoms with Gasteiger partial charge in [0.2, 0.25) is 0 Å². The summed E-state index contributed by atoms with van der Waals surface area (Å²) in [5.74, 6) is -0.750. The molecule has 1 aliphatic rings. The van der Waals surface area contributed by atoms with Crippen LogP contribution in [0.3, 0.4) is 0 Å². The number of methoxy groups -OCH3 is 1. The van der Waals surface area contributed by atoms with Gasteiger partial charge < -0.3 is 4.74 Å². The fourth-order valence-electron chi connectivity index (χ4n) is 2.87. The molecule has 0 bridgehead atoms. The zero-order valence-electron chi connectivity index (χ0n) is 15.0. The number of anilines is 1. The predicted molar refractivity (Wildman–Crippen MR) is 103 cm³/mol. The quantitative estimate of drug-likeness (QED) is 0.647. The molecule has 138 valence electrons. The van der Waals surface area contributed by atoms with Gasteiger partial charge in [-0.3, -0.25) is 14.9 Å². The Bertz CT molecular complexity index is 997. The molecule has 0 aliphatic carbocycles. The Balaban J connectivity index is 2.05. The first-order chi connectivity index (χ1) is 12.8. The first-order valence-electron chi connectivity index (χ1n) is 8.14. The van der Waals surface area contributed by atoms with Gasteiger partial charge in [0.15, 0.2) is 0 Å². The molecule has 3 rings (SSSR count). The summed E-state index contributed by atoms with van der Waals surface area (Å²) in [4.78, 5) is 38.4. The van der Waals surface area contributed by atoms with E-state index in [1.54, 1.807) is 50.4 Å². The highest BCUT2D eigenvalue weighted by Crippen LogP contribution is 2.29. The third kappa shape index (κ3) is 3.44. The average Bonchev–Trinajstić information content (AvgIpc) is 2.62. The molecule has 0 radical (unpaired) electrons. The van der Waals surface area contributed by atoms with Crippen molar-refractivity contribution in [2.45, 2.75) is 13.8 Å². The van der Waals surface area contributed by atoms with E-state index >= 15 is 0 Å². The number of hydrogen-bond acceptors (Lipinski definition) is 4. The van der Waals surface area contributed by atoms with Crippen molar-refractivity contribution in [2.24, 2.45) is 0 Å². The number of rotatable bonds is 3. The lowest BCUT2D eigenvalue weighted by Crippen LogP contribution is -2.54. The number of halogens is 1. The van der Waals surface area contributed by atoms with E-state index in [1.165, 1.54) is 6.08 Å². The molecule has 6 nitrogen and oxygen atoms in total. The second-order valence-corrected chi connectivity index (χ2v) is 6.48. The van der Waals surface area contributed by atoms with E-state index in [0.717, 1.165) is 10.5 Å². The smallest absolute Gasteiger partial charge is 0.335 e. The minimum atomic E-state index is -0.807. The molecule has 7 heteroatoms. The van der Waals surface area contributed by atoms with Gasteiger partial charge in [0.05, 0.1) is 12.8 Å². The van der Waals surface area contributed by atoms with Gasteiger partial charge in [0.1, 0.15) is 11.3 Å². The van der Waals surface area contributed by atoms with E-state index in [4.69, 9.17) is 16.3 Å². The van der Waals surface area contributed by atoms with Crippen LogP contribution in [0.25, 0.3) is 6.08 Å². The van der Waals surface area contributed by atoms with E-state index in [2.05, 4.69) is 5.32 Å². The molecule has 1 N–H and O–H groups in total. The number of hydrogen-bond donors (Lipinski definition) is 1. The van der Waals surface area contributed by atoms with Crippen LogP contribution < -0.4 is 15.0 Å². The summed E-state index contributed by atoms with van der Waals surface area (Å²) in [6.07, 6.45) is 1.45. The van der Waals surface area contributed by atoms with Gasteiger partial charge in [0.25, 0.3) is 11.8 Å². The van der Waals surface area contributed by atoms with Crippen LogP contribution in [0.1, 0.15) is 16.7 Å². The summed E-state index contributed by atoms with van der Waals surface area (Å²) in [6, 6.07) is 9.36. The maximum atomic E-state index is 12.9. The van der Waals surface area contributed by atoms with Crippen LogP contribution in [0.15, 0.2) is 42.0 Å². The van der Waals surface area contributed by atoms with Gasteiger partial charge in [-0.25, -0.2) is 9.69 Å². The SMILES string of the molecule is COc1ccc(/C=C2\C(=O)NC(=O)N(c3cccc(Cl)c3C)C2=O)cc1C.